The van der Waals surface area contributed by atoms with Crippen molar-refractivity contribution in [1.82, 2.24) is 0 Å². The van der Waals surface area contributed by atoms with Gasteiger partial charge in [-0.25, -0.2) is 0 Å². The third-order valence-electron chi connectivity index (χ3n) is 5.25. The predicted molar refractivity (Wildman–Crippen MR) is 94.1 cm³/mol. The molecule has 0 aromatic heterocycles. The fourth-order valence-corrected chi connectivity index (χ4v) is 4.26. The lowest BCUT2D eigenvalue weighted by Gasteiger charge is -2.22. The van der Waals surface area contributed by atoms with Crippen LogP contribution in [-0.4, -0.2) is 0 Å². The molecule has 2 aliphatic carbocycles. The van der Waals surface area contributed by atoms with Crippen LogP contribution in [0, 0.1) is 5.92 Å². The summed E-state index contributed by atoms with van der Waals surface area (Å²) in [5.74, 6) is 0.640. The lowest BCUT2D eigenvalue weighted by atomic mass is 9.82. The Hall–Kier alpha value is -2.34. The Balaban J connectivity index is 1.96. The summed E-state index contributed by atoms with van der Waals surface area (Å²) >= 11 is 0. The summed E-state index contributed by atoms with van der Waals surface area (Å²) in [6, 6.07) is 17.8. The van der Waals surface area contributed by atoms with Crippen LogP contribution in [0.1, 0.15) is 29.2 Å². The minimum absolute atomic E-state index is 0.640. The molecule has 1 atom stereocenters. The number of rotatable bonds is 0. The molecule has 3 aromatic carbocycles. The van der Waals surface area contributed by atoms with Gasteiger partial charge in [0.05, 0.1) is 0 Å². The van der Waals surface area contributed by atoms with Crippen LogP contribution in [-0.2, 0) is 12.8 Å². The van der Waals surface area contributed by atoms with E-state index in [1.165, 1.54) is 39.4 Å². The van der Waals surface area contributed by atoms with Crippen molar-refractivity contribution in [2.24, 2.45) is 5.92 Å². The van der Waals surface area contributed by atoms with Gasteiger partial charge in [-0.05, 0) is 62.9 Å². The predicted octanol–water partition coefficient (Wildman–Crippen LogP) is 5.62. The molecule has 1 unspecified atom stereocenters. The van der Waals surface area contributed by atoms with Gasteiger partial charge >= 0.3 is 0 Å². The van der Waals surface area contributed by atoms with Crippen LogP contribution in [0.5, 0.6) is 0 Å². The molecule has 0 heterocycles. The van der Waals surface area contributed by atoms with Gasteiger partial charge in [-0.2, -0.15) is 0 Å². The summed E-state index contributed by atoms with van der Waals surface area (Å²) in [7, 11) is 0. The lowest BCUT2D eigenvalue weighted by molar-refractivity contribution is 0.714. The summed E-state index contributed by atoms with van der Waals surface area (Å²) in [5.41, 5.74) is 9.04. The Morgan fingerprint density at radius 2 is 1.64 bits per heavy atom. The molecule has 0 nitrogen and oxygen atoms in total. The van der Waals surface area contributed by atoms with Gasteiger partial charge in [0.2, 0.25) is 0 Å². The molecule has 0 saturated heterocycles. The van der Waals surface area contributed by atoms with Crippen molar-refractivity contribution in [3.8, 4) is 11.1 Å². The first-order valence-electron chi connectivity index (χ1n) is 8.16. The normalized spacial score (nSPS) is 18.1. The molecule has 0 amide bonds. The molecule has 22 heavy (non-hydrogen) atoms. The van der Waals surface area contributed by atoms with Crippen LogP contribution in [0.4, 0.5) is 0 Å². The molecule has 3 aromatic rings. The Labute approximate surface area is 131 Å². The van der Waals surface area contributed by atoms with Crippen LogP contribution < -0.4 is 0 Å². The minimum Gasteiger partial charge on any atom is -0.0807 e. The molecule has 106 valence electrons. The quantitative estimate of drug-likeness (QED) is 0.393. The topological polar surface area (TPSA) is 0 Å². The van der Waals surface area contributed by atoms with E-state index in [4.69, 9.17) is 0 Å². The van der Waals surface area contributed by atoms with Gasteiger partial charge < -0.3 is 0 Å². The highest BCUT2D eigenvalue weighted by Gasteiger charge is 2.27. The zero-order valence-electron chi connectivity index (χ0n) is 12.8. The first-order chi connectivity index (χ1) is 10.8. The first kappa shape index (κ1) is 12.2. The van der Waals surface area contributed by atoms with E-state index in [2.05, 4.69) is 67.6 Å². The zero-order chi connectivity index (χ0) is 14.7. The summed E-state index contributed by atoms with van der Waals surface area (Å²) in [5, 5.41) is 2.83. The maximum Gasteiger partial charge on any atom is -0.00103 e. The fourth-order valence-electron chi connectivity index (χ4n) is 4.26. The molecular formula is C22H18. The molecule has 2 aliphatic rings. The van der Waals surface area contributed by atoms with Crippen molar-refractivity contribution in [2.45, 2.75) is 19.8 Å². The SMILES string of the molecule is CC1C=Cc2c(c3c(c4ccccc24)-c2ccccc2C3)C1. The standard InChI is InChI=1S/C22H18/c1-14-10-11-18-17-8-4-5-9-19(17)22-16-7-3-2-6-15(16)13-21(22)20(18)12-14/h2-11,14H,12-13H2,1H3. The number of allylic oxidation sites excluding steroid dienone is 1. The highest BCUT2D eigenvalue weighted by atomic mass is 14.3. The van der Waals surface area contributed by atoms with Gasteiger partial charge in [0.25, 0.3) is 0 Å². The highest BCUT2D eigenvalue weighted by Crippen LogP contribution is 2.46. The zero-order valence-corrected chi connectivity index (χ0v) is 12.8. The largest absolute Gasteiger partial charge is 0.0807 e. The van der Waals surface area contributed by atoms with Crippen molar-refractivity contribution in [2.75, 3.05) is 0 Å². The smallest absolute Gasteiger partial charge is 0.00103 e. The van der Waals surface area contributed by atoms with Crippen molar-refractivity contribution in [3.63, 3.8) is 0 Å². The molecule has 5 rings (SSSR count). The average molecular weight is 282 g/mol. The molecule has 0 fully saturated rings. The number of hydrogen-bond donors (Lipinski definition) is 0. The Bertz CT molecular complexity index is 944. The average Bonchev–Trinajstić information content (AvgIpc) is 2.95. The van der Waals surface area contributed by atoms with Crippen molar-refractivity contribution < 1.29 is 0 Å². The van der Waals surface area contributed by atoms with E-state index in [9.17, 15) is 0 Å². The van der Waals surface area contributed by atoms with E-state index in [1.54, 1.807) is 11.1 Å². The minimum atomic E-state index is 0.640. The number of benzene rings is 3. The van der Waals surface area contributed by atoms with Crippen LogP contribution in [0.2, 0.25) is 0 Å². The maximum atomic E-state index is 2.36. The lowest BCUT2D eigenvalue weighted by Crippen LogP contribution is -2.07. The van der Waals surface area contributed by atoms with Gasteiger partial charge in [-0.3, -0.25) is 0 Å². The monoisotopic (exact) mass is 282 g/mol. The van der Waals surface area contributed by atoms with E-state index in [0.29, 0.717) is 5.92 Å². The van der Waals surface area contributed by atoms with E-state index in [0.717, 1.165) is 6.42 Å². The fraction of sp³-hybridized carbons (Fsp3) is 0.182. The van der Waals surface area contributed by atoms with Gasteiger partial charge in [-0.15, -0.1) is 0 Å². The van der Waals surface area contributed by atoms with E-state index in [-0.39, 0.29) is 0 Å². The Kier molecular flexibility index (Phi) is 2.41. The van der Waals surface area contributed by atoms with Gasteiger partial charge in [-0.1, -0.05) is 67.6 Å². The first-order valence-corrected chi connectivity index (χ1v) is 8.16. The van der Waals surface area contributed by atoms with Gasteiger partial charge in [0.1, 0.15) is 0 Å². The van der Waals surface area contributed by atoms with Crippen LogP contribution >= 0.6 is 0 Å². The van der Waals surface area contributed by atoms with Crippen LogP contribution in [0.3, 0.4) is 0 Å². The van der Waals surface area contributed by atoms with Crippen molar-refractivity contribution >= 4 is 16.8 Å². The molecule has 0 N–H and O–H groups in total. The number of fused-ring (bicyclic) bond motifs is 8. The van der Waals surface area contributed by atoms with E-state index in [1.807, 2.05) is 0 Å². The molecule has 0 heteroatoms. The second-order valence-electron chi connectivity index (χ2n) is 6.67. The third-order valence-corrected chi connectivity index (χ3v) is 5.25. The second kappa shape index (κ2) is 4.33. The number of hydrogen-bond acceptors (Lipinski definition) is 0. The van der Waals surface area contributed by atoms with Gasteiger partial charge in [0.15, 0.2) is 0 Å². The van der Waals surface area contributed by atoms with Gasteiger partial charge in [0, 0.05) is 0 Å². The maximum absolute atomic E-state index is 2.36. The second-order valence-corrected chi connectivity index (χ2v) is 6.67. The molecule has 0 bridgehead atoms. The molecular weight excluding hydrogens is 264 g/mol. The van der Waals surface area contributed by atoms with Crippen molar-refractivity contribution in [3.05, 3.63) is 76.9 Å². The van der Waals surface area contributed by atoms with E-state index < -0.39 is 0 Å². The van der Waals surface area contributed by atoms with Crippen LogP contribution in [0.15, 0.2) is 54.6 Å². The highest BCUT2D eigenvalue weighted by molar-refractivity contribution is 6.06. The summed E-state index contributed by atoms with van der Waals surface area (Å²) in [6.07, 6.45) is 6.99. The molecule has 0 spiro atoms. The Morgan fingerprint density at radius 3 is 2.55 bits per heavy atom. The summed E-state index contributed by atoms with van der Waals surface area (Å²) in [6.45, 7) is 2.32. The van der Waals surface area contributed by atoms with E-state index >= 15 is 0 Å². The molecule has 0 aliphatic heterocycles. The molecule has 0 radical (unpaired) electrons. The Morgan fingerprint density at radius 1 is 0.864 bits per heavy atom. The third kappa shape index (κ3) is 1.53. The summed E-state index contributed by atoms with van der Waals surface area (Å²) in [4.78, 5) is 0. The van der Waals surface area contributed by atoms with Crippen LogP contribution in [0.25, 0.3) is 28.0 Å². The van der Waals surface area contributed by atoms with Crippen molar-refractivity contribution in [1.29, 1.82) is 0 Å². The molecule has 0 saturated carbocycles. The summed E-state index contributed by atoms with van der Waals surface area (Å²) < 4.78 is 0.